The molecule has 2 aliphatic rings. The average Bonchev–Trinajstić information content (AvgIpc) is 2.97. The van der Waals surface area contributed by atoms with E-state index in [1.807, 2.05) is 0 Å². The quantitative estimate of drug-likeness (QED) is 0.165. The number of hydrogen-bond acceptors (Lipinski definition) is 2. The van der Waals surface area contributed by atoms with E-state index in [1.165, 1.54) is 142 Å². The predicted molar refractivity (Wildman–Crippen MR) is 327 cm³/mol. The van der Waals surface area contributed by atoms with E-state index in [0.717, 1.165) is 38.9 Å². The lowest BCUT2D eigenvalue weighted by atomic mass is 9.44. The molecule has 0 atom stereocenters. The summed E-state index contributed by atoms with van der Waals surface area (Å²) < 4.78 is 15.2. The highest BCUT2D eigenvalue weighted by Crippen LogP contribution is 2.54. The zero-order valence-electron chi connectivity index (χ0n) is 41.8. The SMILES string of the molecule is c1ccc(-c2ccc3c(c2)c2cc(-c4ccccc4)cc4c2n3B2c3c(cc5c(oc6ccccc65)c3-4)N(c3cc4c5ccccc5n5c6ccccc6c(c3)c45)c3cc4c5ccccc5n5c6ccccc6c(c32)c45)cc1. The highest BCUT2D eigenvalue weighted by molar-refractivity contribution is 6.92. The van der Waals surface area contributed by atoms with E-state index >= 15 is 0 Å². The Bertz CT molecular complexity index is 5620. The number of para-hydroxylation sites is 5. The van der Waals surface area contributed by atoms with E-state index in [9.17, 15) is 0 Å². The maximum Gasteiger partial charge on any atom is 0.333 e. The van der Waals surface area contributed by atoms with Crippen molar-refractivity contribution >= 4 is 155 Å². The van der Waals surface area contributed by atoms with Gasteiger partial charge < -0.3 is 22.6 Å². The van der Waals surface area contributed by atoms with Gasteiger partial charge in [0, 0.05) is 104 Å². The van der Waals surface area contributed by atoms with Crippen molar-refractivity contribution in [3.05, 3.63) is 237 Å². The summed E-state index contributed by atoms with van der Waals surface area (Å²) in [6.45, 7) is -0.255. The molecule has 0 unspecified atom stereocenters. The molecule has 0 radical (unpaired) electrons. The van der Waals surface area contributed by atoms with Crippen molar-refractivity contribution in [2.45, 2.75) is 0 Å². The largest absolute Gasteiger partial charge is 0.455 e. The molecule has 0 fully saturated rings. The van der Waals surface area contributed by atoms with Gasteiger partial charge in [-0.25, -0.2) is 0 Å². The second kappa shape index (κ2) is 13.9. The first-order valence-corrected chi connectivity index (χ1v) is 27.1. The van der Waals surface area contributed by atoms with Gasteiger partial charge in [0.15, 0.2) is 0 Å². The highest BCUT2D eigenvalue weighted by atomic mass is 16.3. The normalized spacial score (nSPS) is 13.3. The first-order chi connectivity index (χ1) is 38.7. The summed E-state index contributed by atoms with van der Waals surface area (Å²) in [5, 5.41) is 14.8. The monoisotopic (exact) mass is 986 g/mol. The summed E-state index contributed by atoms with van der Waals surface area (Å²) in [7, 11) is 0. The second-order valence-electron chi connectivity index (χ2n) is 21.9. The van der Waals surface area contributed by atoms with Crippen molar-refractivity contribution in [2.24, 2.45) is 0 Å². The Morgan fingerprint density at radius 1 is 0.321 bits per heavy atom. The molecule has 356 valence electrons. The summed E-state index contributed by atoms with van der Waals surface area (Å²) in [6, 6.07) is 88.7. The van der Waals surface area contributed by atoms with Crippen molar-refractivity contribution in [3.63, 3.8) is 0 Å². The molecule has 6 aromatic heterocycles. The van der Waals surface area contributed by atoms with E-state index in [1.54, 1.807) is 0 Å². The molecule has 0 N–H and O–H groups in total. The fraction of sp³-hybridized carbons (Fsp3) is 0. The van der Waals surface area contributed by atoms with Gasteiger partial charge in [0.2, 0.25) is 0 Å². The van der Waals surface area contributed by atoms with Gasteiger partial charge in [0.05, 0.1) is 33.1 Å². The molecular weight excluding hydrogens is 948 g/mol. The fourth-order valence-corrected chi connectivity index (χ4v) is 15.2. The molecule has 12 aromatic carbocycles. The summed E-state index contributed by atoms with van der Waals surface area (Å²) in [6.07, 6.45) is 0. The summed E-state index contributed by atoms with van der Waals surface area (Å²) in [4.78, 5) is 2.67. The first kappa shape index (κ1) is 40.1. The van der Waals surface area contributed by atoms with Gasteiger partial charge in [-0.2, -0.15) is 0 Å². The number of fused-ring (bicyclic) bond motifs is 24. The van der Waals surface area contributed by atoms with Crippen molar-refractivity contribution in [1.29, 1.82) is 0 Å². The summed E-state index contributed by atoms with van der Waals surface area (Å²) >= 11 is 0. The Morgan fingerprint density at radius 2 is 0.833 bits per heavy atom. The lowest BCUT2D eigenvalue weighted by Crippen LogP contribution is -2.57. The molecule has 0 aliphatic carbocycles. The van der Waals surface area contributed by atoms with E-state index < -0.39 is 0 Å². The zero-order valence-corrected chi connectivity index (χ0v) is 41.8. The lowest BCUT2D eigenvalue weighted by Gasteiger charge is -2.41. The average molecular weight is 987 g/mol. The molecular formula is C72H39BN4O. The molecule has 78 heavy (non-hydrogen) atoms. The van der Waals surface area contributed by atoms with Gasteiger partial charge in [-0.1, -0.05) is 158 Å². The number of anilines is 3. The lowest BCUT2D eigenvalue weighted by molar-refractivity contribution is 0.670. The summed E-state index contributed by atoms with van der Waals surface area (Å²) in [5.41, 5.74) is 24.8. The minimum Gasteiger partial charge on any atom is -0.455 e. The second-order valence-corrected chi connectivity index (χ2v) is 21.9. The van der Waals surface area contributed by atoms with Crippen LogP contribution in [0.4, 0.5) is 17.1 Å². The Labute approximate surface area is 445 Å². The fourth-order valence-electron chi connectivity index (χ4n) is 15.2. The molecule has 0 spiro atoms. The number of aromatic nitrogens is 3. The first-order valence-electron chi connectivity index (χ1n) is 27.1. The number of nitrogens with zero attached hydrogens (tertiary/aromatic N) is 4. The Kier molecular flexibility index (Phi) is 7.16. The molecule has 0 bridgehead atoms. The number of furan rings is 1. The Morgan fingerprint density at radius 3 is 1.51 bits per heavy atom. The number of hydrogen-bond donors (Lipinski definition) is 0. The van der Waals surface area contributed by atoms with Crippen molar-refractivity contribution in [3.8, 4) is 33.4 Å². The maximum absolute atomic E-state index is 7.37. The smallest absolute Gasteiger partial charge is 0.333 e. The molecule has 18 aromatic rings. The van der Waals surface area contributed by atoms with Crippen LogP contribution in [-0.2, 0) is 0 Å². The predicted octanol–water partition coefficient (Wildman–Crippen LogP) is 17.7. The van der Waals surface area contributed by atoms with Gasteiger partial charge in [0.25, 0.3) is 0 Å². The third-order valence-corrected chi connectivity index (χ3v) is 18.2. The zero-order chi connectivity index (χ0) is 50.2. The minimum atomic E-state index is -0.255. The van der Waals surface area contributed by atoms with E-state index in [4.69, 9.17) is 4.42 Å². The topological polar surface area (TPSA) is 30.1 Å². The highest BCUT2D eigenvalue weighted by Gasteiger charge is 2.47. The van der Waals surface area contributed by atoms with Crippen molar-refractivity contribution < 1.29 is 4.42 Å². The van der Waals surface area contributed by atoms with Crippen LogP contribution in [0.3, 0.4) is 0 Å². The minimum absolute atomic E-state index is 0.255. The standard InChI is InChI=1S/C72H39BN4O/c1-3-17-40(18-4-1)42-31-32-61-50(33-42)51-34-43(41-19-5-2-6-20-41)35-56-66-68-63(39-55-48-24-11-16-30-64(48)78-72(55)66)74(44-36-52-45-21-7-12-26-57(45)75-58-27-13-8-22-46(58)53(37-44)69(52)75)62-38-54-47-23-9-14-28-59(47)76-60-29-15-10-25-49(60)65(71(54)76)67(62)73(68)77(61)70(51)56/h1-39H. The molecule has 0 saturated carbocycles. The van der Waals surface area contributed by atoms with Crippen LogP contribution >= 0.6 is 0 Å². The van der Waals surface area contributed by atoms with Gasteiger partial charge in [-0.15, -0.1) is 0 Å². The number of rotatable bonds is 3. The Balaban J connectivity index is 1.04. The Hall–Kier alpha value is -10.3. The molecule has 2 aliphatic heterocycles. The van der Waals surface area contributed by atoms with Crippen LogP contribution in [0.2, 0.25) is 0 Å². The van der Waals surface area contributed by atoms with Crippen LogP contribution in [0, 0.1) is 0 Å². The van der Waals surface area contributed by atoms with Crippen LogP contribution < -0.4 is 15.8 Å². The van der Waals surface area contributed by atoms with Crippen LogP contribution in [0.25, 0.3) is 153 Å². The molecule has 0 saturated heterocycles. The molecule has 0 amide bonds. The van der Waals surface area contributed by atoms with Crippen LogP contribution in [0.15, 0.2) is 241 Å². The molecule has 8 heterocycles. The van der Waals surface area contributed by atoms with Gasteiger partial charge in [0.1, 0.15) is 11.2 Å². The van der Waals surface area contributed by atoms with Crippen LogP contribution in [0.5, 0.6) is 0 Å². The van der Waals surface area contributed by atoms with E-state index in [0.29, 0.717) is 0 Å². The number of benzene rings is 12. The van der Waals surface area contributed by atoms with Crippen molar-refractivity contribution in [1.82, 2.24) is 13.3 Å². The van der Waals surface area contributed by atoms with E-state index in [2.05, 4.69) is 255 Å². The third kappa shape index (κ3) is 4.71. The maximum atomic E-state index is 7.37. The molecule has 5 nitrogen and oxygen atoms in total. The third-order valence-electron chi connectivity index (χ3n) is 18.2. The molecule has 20 rings (SSSR count). The van der Waals surface area contributed by atoms with Crippen LogP contribution in [-0.4, -0.2) is 20.1 Å². The molecule has 6 heteroatoms. The van der Waals surface area contributed by atoms with Gasteiger partial charge in [-0.05, 0) is 112 Å². The van der Waals surface area contributed by atoms with Gasteiger partial charge >= 0.3 is 6.85 Å². The summed E-state index contributed by atoms with van der Waals surface area (Å²) in [5.74, 6) is 0. The van der Waals surface area contributed by atoms with Crippen LogP contribution in [0.1, 0.15) is 0 Å². The van der Waals surface area contributed by atoms with Crippen molar-refractivity contribution in [2.75, 3.05) is 4.90 Å². The van der Waals surface area contributed by atoms with Gasteiger partial charge in [-0.3, -0.25) is 0 Å². The van der Waals surface area contributed by atoms with E-state index in [-0.39, 0.29) is 6.85 Å².